The third-order valence-corrected chi connectivity index (χ3v) is 2.35. The topological polar surface area (TPSA) is 41.5 Å². The summed E-state index contributed by atoms with van der Waals surface area (Å²) in [5.74, 6) is 0.735. The lowest BCUT2D eigenvalue weighted by molar-refractivity contribution is 0.274. The molecule has 0 amide bonds. The van der Waals surface area contributed by atoms with Crippen LogP contribution in [0.2, 0.25) is 0 Å². The summed E-state index contributed by atoms with van der Waals surface area (Å²) in [5, 5.41) is 12.2. The Balaban J connectivity index is 2.71. The fourth-order valence-electron chi connectivity index (χ4n) is 1.44. The molecular formula is C13H19NO2. The lowest BCUT2D eigenvalue weighted by atomic mass is 10.1. The Bertz CT molecular complexity index is 348. The van der Waals surface area contributed by atoms with Gasteiger partial charge in [-0.2, -0.15) is 0 Å². The summed E-state index contributed by atoms with van der Waals surface area (Å²) < 4.78 is 5.20. The molecule has 0 spiro atoms. The first-order chi connectivity index (χ1) is 7.81. The van der Waals surface area contributed by atoms with Crippen LogP contribution in [0.1, 0.15) is 17.5 Å². The van der Waals surface area contributed by atoms with Crippen LogP contribution in [0.4, 0.5) is 0 Å². The van der Waals surface area contributed by atoms with E-state index in [1.54, 1.807) is 7.11 Å². The normalized spacial score (nSPS) is 10.9. The molecule has 0 aliphatic heterocycles. The predicted molar refractivity (Wildman–Crippen MR) is 66.5 cm³/mol. The van der Waals surface area contributed by atoms with Gasteiger partial charge in [-0.3, -0.25) is 0 Å². The summed E-state index contributed by atoms with van der Waals surface area (Å²) in [6.07, 6.45) is 5.17. The van der Waals surface area contributed by atoms with Crippen molar-refractivity contribution in [1.82, 2.24) is 5.32 Å². The second-order valence-corrected chi connectivity index (χ2v) is 3.52. The molecule has 16 heavy (non-hydrogen) atoms. The van der Waals surface area contributed by atoms with Crippen molar-refractivity contribution in [3.63, 3.8) is 0 Å². The van der Waals surface area contributed by atoms with Crippen LogP contribution >= 0.6 is 0 Å². The standard InChI is InChI=1S/C13H19NO2/c1-14-8-4-3-5-11-6-7-12(10-15)13(9-11)16-2/h3,5-7,9,14-15H,4,8,10H2,1-2H3. The van der Waals surface area contributed by atoms with Gasteiger partial charge in [0, 0.05) is 5.56 Å². The molecule has 1 aromatic rings. The summed E-state index contributed by atoms with van der Waals surface area (Å²) in [6.45, 7) is 0.981. The number of nitrogens with one attached hydrogen (secondary N) is 1. The molecular weight excluding hydrogens is 202 g/mol. The van der Waals surface area contributed by atoms with Gasteiger partial charge in [0.2, 0.25) is 0 Å². The zero-order valence-corrected chi connectivity index (χ0v) is 9.86. The summed E-state index contributed by atoms with van der Waals surface area (Å²) in [5.41, 5.74) is 1.90. The van der Waals surface area contributed by atoms with Crippen molar-refractivity contribution in [2.45, 2.75) is 13.0 Å². The van der Waals surface area contributed by atoms with E-state index >= 15 is 0 Å². The molecule has 0 aliphatic carbocycles. The summed E-state index contributed by atoms with van der Waals surface area (Å²) in [4.78, 5) is 0. The van der Waals surface area contributed by atoms with Crippen LogP contribution in [0, 0.1) is 0 Å². The van der Waals surface area contributed by atoms with E-state index in [-0.39, 0.29) is 6.61 Å². The average Bonchev–Trinajstić information content (AvgIpc) is 2.34. The highest BCUT2D eigenvalue weighted by Gasteiger charge is 2.01. The van der Waals surface area contributed by atoms with Gasteiger partial charge in [0.15, 0.2) is 0 Å². The molecule has 3 heteroatoms. The van der Waals surface area contributed by atoms with Crippen molar-refractivity contribution < 1.29 is 9.84 Å². The molecule has 88 valence electrons. The number of hydrogen-bond acceptors (Lipinski definition) is 3. The molecule has 0 heterocycles. The molecule has 1 rings (SSSR count). The molecule has 0 saturated carbocycles. The molecule has 0 bridgehead atoms. The van der Waals surface area contributed by atoms with Crippen LogP contribution in [0.5, 0.6) is 5.75 Å². The van der Waals surface area contributed by atoms with E-state index in [9.17, 15) is 0 Å². The number of rotatable bonds is 6. The lowest BCUT2D eigenvalue weighted by Gasteiger charge is -2.06. The van der Waals surface area contributed by atoms with Crippen molar-refractivity contribution in [3.05, 3.63) is 35.4 Å². The van der Waals surface area contributed by atoms with Crippen molar-refractivity contribution in [1.29, 1.82) is 0 Å². The van der Waals surface area contributed by atoms with Gasteiger partial charge in [-0.25, -0.2) is 0 Å². The Labute approximate surface area is 96.8 Å². The Hall–Kier alpha value is -1.32. The van der Waals surface area contributed by atoms with Gasteiger partial charge in [-0.05, 0) is 31.6 Å². The number of aliphatic hydroxyl groups excluding tert-OH is 1. The van der Waals surface area contributed by atoms with Gasteiger partial charge < -0.3 is 15.2 Å². The Morgan fingerprint density at radius 2 is 2.25 bits per heavy atom. The smallest absolute Gasteiger partial charge is 0.124 e. The third-order valence-electron chi connectivity index (χ3n) is 2.35. The number of benzene rings is 1. The van der Waals surface area contributed by atoms with Gasteiger partial charge in [0.25, 0.3) is 0 Å². The van der Waals surface area contributed by atoms with Gasteiger partial charge >= 0.3 is 0 Å². The monoisotopic (exact) mass is 221 g/mol. The molecule has 2 N–H and O–H groups in total. The van der Waals surface area contributed by atoms with Crippen LogP contribution in [0.25, 0.3) is 6.08 Å². The second-order valence-electron chi connectivity index (χ2n) is 3.52. The average molecular weight is 221 g/mol. The van der Waals surface area contributed by atoms with E-state index in [2.05, 4.69) is 17.5 Å². The van der Waals surface area contributed by atoms with Gasteiger partial charge in [0.1, 0.15) is 5.75 Å². The van der Waals surface area contributed by atoms with Gasteiger partial charge in [-0.15, -0.1) is 0 Å². The fraction of sp³-hybridized carbons (Fsp3) is 0.385. The van der Waals surface area contributed by atoms with Gasteiger partial charge in [-0.1, -0.05) is 24.3 Å². The number of methoxy groups -OCH3 is 1. The maximum Gasteiger partial charge on any atom is 0.124 e. The molecule has 3 nitrogen and oxygen atoms in total. The zero-order chi connectivity index (χ0) is 11.8. The van der Waals surface area contributed by atoms with Crippen molar-refractivity contribution in [2.24, 2.45) is 0 Å². The van der Waals surface area contributed by atoms with E-state index < -0.39 is 0 Å². The maximum atomic E-state index is 9.08. The summed E-state index contributed by atoms with van der Waals surface area (Å²) in [7, 11) is 3.55. The zero-order valence-electron chi connectivity index (χ0n) is 9.86. The quantitative estimate of drug-likeness (QED) is 0.720. The Morgan fingerprint density at radius 3 is 2.88 bits per heavy atom. The van der Waals surface area contributed by atoms with E-state index in [0.29, 0.717) is 0 Å². The minimum absolute atomic E-state index is 0.00687. The molecule has 0 radical (unpaired) electrons. The van der Waals surface area contributed by atoms with Crippen LogP contribution < -0.4 is 10.1 Å². The van der Waals surface area contributed by atoms with Crippen LogP contribution in [-0.2, 0) is 6.61 Å². The maximum absolute atomic E-state index is 9.08. The highest BCUT2D eigenvalue weighted by molar-refractivity contribution is 5.53. The first kappa shape index (κ1) is 12.7. The fourth-order valence-corrected chi connectivity index (χ4v) is 1.44. The molecule has 0 aromatic heterocycles. The number of hydrogen-bond donors (Lipinski definition) is 2. The van der Waals surface area contributed by atoms with Crippen molar-refractivity contribution in [2.75, 3.05) is 20.7 Å². The van der Waals surface area contributed by atoms with Crippen LogP contribution in [0.15, 0.2) is 24.3 Å². The first-order valence-corrected chi connectivity index (χ1v) is 5.40. The van der Waals surface area contributed by atoms with Crippen molar-refractivity contribution >= 4 is 6.08 Å². The first-order valence-electron chi connectivity index (χ1n) is 5.40. The van der Waals surface area contributed by atoms with Crippen molar-refractivity contribution in [3.8, 4) is 5.75 Å². The molecule has 0 atom stereocenters. The van der Waals surface area contributed by atoms with E-state index in [1.807, 2.05) is 25.2 Å². The highest BCUT2D eigenvalue weighted by Crippen LogP contribution is 2.20. The van der Waals surface area contributed by atoms with E-state index in [0.717, 1.165) is 29.8 Å². The molecule has 0 unspecified atom stereocenters. The highest BCUT2D eigenvalue weighted by atomic mass is 16.5. The van der Waals surface area contributed by atoms with E-state index in [1.165, 1.54) is 0 Å². The minimum atomic E-state index is 0.00687. The van der Waals surface area contributed by atoms with Gasteiger partial charge in [0.05, 0.1) is 13.7 Å². The van der Waals surface area contributed by atoms with Crippen LogP contribution in [-0.4, -0.2) is 25.8 Å². The molecule has 0 fully saturated rings. The largest absolute Gasteiger partial charge is 0.496 e. The molecule has 1 aromatic carbocycles. The number of aliphatic hydroxyl groups is 1. The SMILES string of the molecule is CNCCC=Cc1ccc(CO)c(OC)c1. The summed E-state index contributed by atoms with van der Waals surface area (Å²) >= 11 is 0. The minimum Gasteiger partial charge on any atom is -0.496 e. The second kappa shape index (κ2) is 7.04. The third kappa shape index (κ3) is 3.68. The van der Waals surface area contributed by atoms with Crippen LogP contribution in [0.3, 0.4) is 0 Å². The molecule has 0 saturated heterocycles. The summed E-state index contributed by atoms with van der Waals surface area (Å²) in [6, 6.07) is 5.79. The Kier molecular flexibility index (Phi) is 5.61. The lowest BCUT2D eigenvalue weighted by Crippen LogP contribution is -2.05. The predicted octanol–water partition coefficient (Wildman–Crippen LogP) is 1.81. The van der Waals surface area contributed by atoms with E-state index in [4.69, 9.17) is 9.84 Å². The number of ether oxygens (including phenoxy) is 1. The Morgan fingerprint density at radius 1 is 1.44 bits per heavy atom. The molecule has 0 aliphatic rings.